The van der Waals surface area contributed by atoms with Crippen LogP contribution in [0.1, 0.15) is 39.5 Å². The van der Waals surface area contributed by atoms with Crippen LogP contribution >= 0.6 is 11.3 Å². The second-order valence-electron chi connectivity index (χ2n) is 9.20. The van der Waals surface area contributed by atoms with Gasteiger partial charge in [-0.25, -0.2) is 9.37 Å². The van der Waals surface area contributed by atoms with Crippen molar-refractivity contribution in [3.05, 3.63) is 112 Å². The van der Waals surface area contributed by atoms with E-state index in [0.29, 0.717) is 44.8 Å². The number of ether oxygens (including phenoxy) is 2. The van der Waals surface area contributed by atoms with Crippen molar-refractivity contribution < 1.29 is 28.6 Å². The Morgan fingerprint density at radius 3 is 2.48 bits per heavy atom. The minimum absolute atomic E-state index is 0.0392. The number of aromatic nitrogens is 1. The van der Waals surface area contributed by atoms with Crippen molar-refractivity contribution in [2.75, 3.05) is 13.7 Å². The summed E-state index contributed by atoms with van der Waals surface area (Å²) < 4.78 is 24.8. The lowest BCUT2D eigenvalue weighted by Gasteiger charge is -2.27. The summed E-state index contributed by atoms with van der Waals surface area (Å²) in [7, 11) is 1.52. The SMILES string of the molecule is CCOc1cc(C2C(C(=O)c3sc(-c4ccccc4)nc3C)=C(O)C(=O)N2Cc2ccc(F)cc2)ccc1OC. The molecular weight excluding hydrogens is 531 g/mol. The van der Waals surface area contributed by atoms with Gasteiger partial charge < -0.3 is 19.5 Å². The van der Waals surface area contributed by atoms with Crippen LogP contribution < -0.4 is 9.47 Å². The Balaban J connectivity index is 1.61. The van der Waals surface area contributed by atoms with Crippen molar-refractivity contribution in [1.29, 1.82) is 0 Å². The molecule has 4 aromatic rings. The van der Waals surface area contributed by atoms with Crippen molar-refractivity contribution in [1.82, 2.24) is 9.88 Å². The molecule has 1 aliphatic heterocycles. The molecule has 0 fully saturated rings. The third-order valence-electron chi connectivity index (χ3n) is 6.64. The number of ketones is 1. The predicted octanol–water partition coefficient (Wildman–Crippen LogP) is 6.44. The smallest absolute Gasteiger partial charge is 0.290 e. The maximum Gasteiger partial charge on any atom is 0.290 e. The fourth-order valence-corrected chi connectivity index (χ4v) is 5.77. The lowest BCUT2D eigenvalue weighted by molar-refractivity contribution is -0.130. The quantitative estimate of drug-likeness (QED) is 0.238. The van der Waals surface area contributed by atoms with Gasteiger partial charge in [0.2, 0.25) is 5.78 Å². The molecule has 5 rings (SSSR count). The number of hydrogen-bond acceptors (Lipinski definition) is 7. The van der Waals surface area contributed by atoms with Crippen LogP contribution in [-0.4, -0.2) is 40.4 Å². The van der Waals surface area contributed by atoms with E-state index in [1.165, 1.54) is 35.5 Å². The fourth-order valence-electron chi connectivity index (χ4n) is 4.75. The first kappa shape index (κ1) is 27.1. The molecule has 0 saturated carbocycles. The first-order valence-electron chi connectivity index (χ1n) is 12.7. The third-order valence-corrected chi connectivity index (χ3v) is 7.85. The van der Waals surface area contributed by atoms with Gasteiger partial charge in [0.25, 0.3) is 5.91 Å². The Hall–Kier alpha value is -4.50. The van der Waals surface area contributed by atoms with Gasteiger partial charge in [0.1, 0.15) is 10.8 Å². The topological polar surface area (TPSA) is 89.0 Å². The fraction of sp³-hybridized carbons (Fsp3) is 0.194. The van der Waals surface area contributed by atoms with Gasteiger partial charge in [-0.15, -0.1) is 11.3 Å². The van der Waals surface area contributed by atoms with E-state index in [-0.39, 0.29) is 12.1 Å². The van der Waals surface area contributed by atoms with Gasteiger partial charge in [0.15, 0.2) is 17.3 Å². The number of methoxy groups -OCH3 is 1. The summed E-state index contributed by atoms with van der Waals surface area (Å²) in [6.07, 6.45) is 0. The zero-order chi connectivity index (χ0) is 28.4. The van der Waals surface area contributed by atoms with Crippen LogP contribution in [0.15, 0.2) is 84.1 Å². The molecule has 0 spiro atoms. The molecule has 1 amide bonds. The molecule has 0 saturated heterocycles. The minimum Gasteiger partial charge on any atom is -0.503 e. The molecular formula is C31H27FN2O5S. The molecule has 40 heavy (non-hydrogen) atoms. The van der Waals surface area contributed by atoms with Gasteiger partial charge in [-0.1, -0.05) is 48.5 Å². The van der Waals surface area contributed by atoms with Crippen molar-refractivity contribution in [2.45, 2.75) is 26.4 Å². The number of thiazole rings is 1. The summed E-state index contributed by atoms with van der Waals surface area (Å²) in [5, 5.41) is 11.8. The van der Waals surface area contributed by atoms with Gasteiger partial charge in [0, 0.05) is 12.1 Å². The van der Waals surface area contributed by atoms with Crippen LogP contribution in [0, 0.1) is 12.7 Å². The van der Waals surface area contributed by atoms with E-state index in [2.05, 4.69) is 4.98 Å². The van der Waals surface area contributed by atoms with Crippen molar-refractivity contribution in [3.63, 3.8) is 0 Å². The number of nitrogens with zero attached hydrogens (tertiary/aromatic N) is 2. The summed E-state index contributed by atoms with van der Waals surface area (Å²) in [6, 6.07) is 19.4. The van der Waals surface area contributed by atoms with Gasteiger partial charge in [0.05, 0.1) is 35.9 Å². The molecule has 1 N–H and O–H groups in total. The lowest BCUT2D eigenvalue weighted by Crippen LogP contribution is -2.30. The summed E-state index contributed by atoms with van der Waals surface area (Å²) in [5.41, 5.74) is 2.51. The molecule has 3 aromatic carbocycles. The highest BCUT2D eigenvalue weighted by atomic mass is 32.1. The number of amides is 1. The highest BCUT2D eigenvalue weighted by Crippen LogP contribution is 2.43. The first-order valence-corrected chi connectivity index (χ1v) is 13.5. The van der Waals surface area contributed by atoms with Crippen LogP contribution in [0.4, 0.5) is 4.39 Å². The molecule has 1 aliphatic rings. The maximum atomic E-state index is 14.1. The number of hydrogen-bond donors (Lipinski definition) is 1. The van der Waals surface area contributed by atoms with Crippen molar-refractivity contribution >= 4 is 23.0 Å². The number of carbonyl (C=O) groups excluding carboxylic acids is 2. The molecule has 0 aliphatic carbocycles. The lowest BCUT2D eigenvalue weighted by atomic mass is 9.94. The van der Waals surface area contributed by atoms with Gasteiger partial charge in [-0.2, -0.15) is 0 Å². The normalized spacial score (nSPS) is 15.1. The molecule has 7 nitrogen and oxygen atoms in total. The van der Waals surface area contributed by atoms with Crippen molar-refractivity contribution in [2.24, 2.45) is 0 Å². The number of halogens is 1. The number of Topliss-reactive ketones (excluding diaryl/α,β-unsaturated/α-hetero) is 1. The van der Waals surface area contributed by atoms with Crippen molar-refractivity contribution in [3.8, 4) is 22.1 Å². The summed E-state index contributed by atoms with van der Waals surface area (Å²) in [4.78, 5) is 33.9. The largest absolute Gasteiger partial charge is 0.503 e. The second-order valence-corrected chi connectivity index (χ2v) is 10.2. The molecule has 204 valence electrons. The van der Waals surface area contributed by atoms with Gasteiger partial charge >= 0.3 is 0 Å². The average Bonchev–Trinajstić information content (AvgIpc) is 3.47. The van der Waals surface area contributed by atoms with Crippen LogP contribution in [0.5, 0.6) is 11.5 Å². The Bertz CT molecular complexity index is 1600. The number of carbonyl (C=O) groups is 2. The summed E-state index contributed by atoms with van der Waals surface area (Å²) in [5.74, 6) is -1.28. The highest BCUT2D eigenvalue weighted by Gasteiger charge is 2.44. The second kappa shape index (κ2) is 11.3. The standard InChI is InChI=1S/C31H27FN2O5S/c1-4-39-24-16-21(12-15-23(24)38-3)26-25(28(36)31(37)34(26)17-19-10-13-22(32)14-11-19)27(35)29-18(2)33-30(40-29)20-8-6-5-7-9-20/h5-16,26,36H,4,17H2,1-3H3. The number of aryl methyl sites for hydroxylation is 1. The van der Waals surface area contributed by atoms with Gasteiger partial charge in [-0.3, -0.25) is 9.59 Å². The van der Waals surface area contributed by atoms with E-state index in [9.17, 15) is 19.1 Å². The maximum absolute atomic E-state index is 14.1. The zero-order valence-electron chi connectivity index (χ0n) is 22.2. The third kappa shape index (κ3) is 5.08. The number of benzene rings is 3. The Kier molecular flexibility index (Phi) is 7.66. The number of aliphatic hydroxyl groups is 1. The molecule has 2 heterocycles. The van der Waals surface area contributed by atoms with E-state index in [4.69, 9.17) is 9.47 Å². The Morgan fingerprint density at radius 2 is 1.80 bits per heavy atom. The molecule has 1 unspecified atom stereocenters. The minimum atomic E-state index is -0.933. The number of rotatable bonds is 9. The molecule has 1 atom stereocenters. The highest BCUT2D eigenvalue weighted by molar-refractivity contribution is 7.17. The van der Waals surface area contributed by atoms with Gasteiger partial charge in [-0.05, 0) is 49.2 Å². The van der Waals surface area contributed by atoms with Crippen LogP contribution in [0.3, 0.4) is 0 Å². The van der Waals surface area contributed by atoms with Crippen LogP contribution in [-0.2, 0) is 11.3 Å². The molecule has 1 aromatic heterocycles. The van der Waals surface area contributed by atoms with E-state index < -0.39 is 29.3 Å². The summed E-state index contributed by atoms with van der Waals surface area (Å²) >= 11 is 1.21. The van der Waals surface area contributed by atoms with E-state index in [1.807, 2.05) is 37.3 Å². The molecule has 9 heteroatoms. The van der Waals surface area contributed by atoms with Crippen LogP contribution in [0.2, 0.25) is 0 Å². The molecule has 0 radical (unpaired) electrons. The summed E-state index contributed by atoms with van der Waals surface area (Å²) in [6.45, 7) is 3.98. The first-order chi connectivity index (χ1) is 19.3. The monoisotopic (exact) mass is 558 g/mol. The number of aliphatic hydroxyl groups excluding tert-OH is 1. The average molecular weight is 559 g/mol. The zero-order valence-corrected chi connectivity index (χ0v) is 23.0. The van der Waals surface area contributed by atoms with E-state index in [0.717, 1.165) is 5.56 Å². The van der Waals surface area contributed by atoms with E-state index in [1.54, 1.807) is 37.3 Å². The molecule has 0 bridgehead atoms. The predicted molar refractivity (Wildman–Crippen MR) is 150 cm³/mol. The Morgan fingerprint density at radius 1 is 1.07 bits per heavy atom. The Labute approximate surface area is 235 Å². The van der Waals surface area contributed by atoms with E-state index >= 15 is 0 Å². The van der Waals surface area contributed by atoms with Crippen LogP contribution in [0.25, 0.3) is 10.6 Å².